The van der Waals surface area contributed by atoms with Crippen LogP contribution in [0.5, 0.6) is 0 Å². The van der Waals surface area contributed by atoms with Crippen LogP contribution < -0.4 is 10.6 Å². The van der Waals surface area contributed by atoms with E-state index in [1.54, 1.807) is 36.5 Å². The minimum absolute atomic E-state index is 0.260. The number of nitrogens with one attached hydrogen (secondary N) is 2. The number of aliphatic hydroxyl groups excluding tert-OH is 1. The molecule has 2 rings (SSSR count). The van der Waals surface area contributed by atoms with E-state index in [-0.39, 0.29) is 6.03 Å². The Labute approximate surface area is 128 Å². The molecule has 112 valence electrons. The fourth-order valence-electron chi connectivity index (χ4n) is 1.88. The molecule has 0 fully saturated rings. The first-order valence-corrected chi connectivity index (χ1v) is 7.66. The lowest BCUT2D eigenvalue weighted by Crippen LogP contribution is -2.30. The van der Waals surface area contributed by atoms with Crippen LogP contribution in [-0.4, -0.2) is 22.7 Å². The Morgan fingerprint density at radius 3 is 2.95 bits per heavy atom. The minimum atomic E-state index is -0.553. The molecule has 1 aromatic heterocycles. The number of nitrogens with zero attached hydrogens (tertiary/aromatic N) is 1. The normalized spacial score (nSPS) is 12.0. The Morgan fingerprint density at radius 2 is 2.29 bits per heavy atom. The molecular weight excluding hydrogens is 286 g/mol. The van der Waals surface area contributed by atoms with E-state index >= 15 is 0 Å². The van der Waals surface area contributed by atoms with Gasteiger partial charge in [0.05, 0.1) is 16.8 Å². The number of hydrogen-bond donors (Lipinski definition) is 3. The number of thiazole rings is 1. The number of carbonyl (C=O) groups is 1. The van der Waals surface area contributed by atoms with Gasteiger partial charge in [0, 0.05) is 24.0 Å². The maximum Gasteiger partial charge on any atom is 0.319 e. The predicted octanol–water partition coefficient (Wildman–Crippen LogP) is 2.87. The van der Waals surface area contributed by atoms with E-state index in [4.69, 9.17) is 0 Å². The van der Waals surface area contributed by atoms with Crippen LogP contribution in [0.1, 0.15) is 29.3 Å². The highest BCUT2D eigenvalue weighted by molar-refractivity contribution is 7.09. The fourth-order valence-corrected chi connectivity index (χ4v) is 2.53. The number of amides is 2. The smallest absolute Gasteiger partial charge is 0.319 e. The van der Waals surface area contributed by atoms with Gasteiger partial charge in [0.25, 0.3) is 0 Å². The van der Waals surface area contributed by atoms with E-state index in [9.17, 15) is 9.90 Å². The second-order valence-corrected chi connectivity index (χ2v) is 5.85. The van der Waals surface area contributed by atoms with Crippen LogP contribution in [0.25, 0.3) is 0 Å². The third kappa shape index (κ3) is 4.84. The summed E-state index contributed by atoms with van der Waals surface area (Å²) in [7, 11) is 0. The van der Waals surface area contributed by atoms with Gasteiger partial charge in [-0.3, -0.25) is 0 Å². The summed E-state index contributed by atoms with van der Waals surface area (Å²) in [5, 5.41) is 18.1. The number of hydrogen-bond acceptors (Lipinski definition) is 4. The molecule has 0 aliphatic rings. The maximum absolute atomic E-state index is 11.8. The molecule has 0 aliphatic heterocycles. The maximum atomic E-state index is 11.8. The number of anilines is 1. The molecule has 0 spiro atoms. The van der Waals surface area contributed by atoms with Crippen molar-refractivity contribution in [3.63, 3.8) is 0 Å². The Morgan fingerprint density at radius 1 is 1.48 bits per heavy atom. The van der Waals surface area contributed by atoms with Gasteiger partial charge in [-0.2, -0.15) is 0 Å². The SMILES string of the molecule is Cc1nc(CCNC(=O)Nc2cccc(C(C)O)c2)cs1. The summed E-state index contributed by atoms with van der Waals surface area (Å²) in [5.41, 5.74) is 2.43. The zero-order chi connectivity index (χ0) is 15.2. The third-order valence-electron chi connectivity index (χ3n) is 2.96. The zero-order valence-electron chi connectivity index (χ0n) is 12.1. The average Bonchev–Trinajstić information content (AvgIpc) is 2.84. The van der Waals surface area contributed by atoms with Gasteiger partial charge in [-0.1, -0.05) is 12.1 Å². The number of carbonyl (C=O) groups excluding carboxylic acids is 1. The first-order chi connectivity index (χ1) is 10.0. The van der Waals surface area contributed by atoms with E-state index in [2.05, 4.69) is 15.6 Å². The Kier molecular flexibility index (Phi) is 5.30. The van der Waals surface area contributed by atoms with Crippen molar-refractivity contribution in [3.8, 4) is 0 Å². The fraction of sp³-hybridized carbons (Fsp3) is 0.333. The molecule has 1 aromatic carbocycles. The zero-order valence-corrected chi connectivity index (χ0v) is 12.9. The van der Waals surface area contributed by atoms with Crippen molar-refractivity contribution in [1.82, 2.24) is 10.3 Å². The first kappa shape index (κ1) is 15.5. The molecule has 1 unspecified atom stereocenters. The van der Waals surface area contributed by atoms with Gasteiger partial charge in [0.2, 0.25) is 0 Å². The van der Waals surface area contributed by atoms with Crippen molar-refractivity contribution in [2.75, 3.05) is 11.9 Å². The molecule has 0 aliphatic carbocycles. The number of rotatable bonds is 5. The summed E-state index contributed by atoms with van der Waals surface area (Å²) in [6, 6.07) is 6.90. The Hall–Kier alpha value is -1.92. The van der Waals surface area contributed by atoms with Crippen LogP contribution in [0.3, 0.4) is 0 Å². The molecule has 2 amide bonds. The second-order valence-electron chi connectivity index (χ2n) is 4.79. The van der Waals surface area contributed by atoms with Gasteiger partial charge in [-0.05, 0) is 31.5 Å². The van der Waals surface area contributed by atoms with Gasteiger partial charge in [0.15, 0.2) is 0 Å². The molecule has 1 atom stereocenters. The summed E-state index contributed by atoms with van der Waals surface area (Å²) in [5.74, 6) is 0. The molecule has 5 nitrogen and oxygen atoms in total. The summed E-state index contributed by atoms with van der Waals surface area (Å²) < 4.78 is 0. The lowest BCUT2D eigenvalue weighted by atomic mass is 10.1. The van der Waals surface area contributed by atoms with E-state index in [0.29, 0.717) is 18.7 Å². The molecule has 1 heterocycles. The van der Waals surface area contributed by atoms with Crippen LogP contribution in [0, 0.1) is 6.92 Å². The van der Waals surface area contributed by atoms with E-state index in [1.165, 1.54) is 0 Å². The van der Waals surface area contributed by atoms with E-state index in [0.717, 1.165) is 16.3 Å². The number of aliphatic hydroxyl groups is 1. The molecule has 0 radical (unpaired) electrons. The van der Waals surface area contributed by atoms with Crippen molar-refractivity contribution in [1.29, 1.82) is 0 Å². The third-order valence-corrected chi connectivity index (χ3v) is 3.78. The number of aromatic nitrogens is 1. The van der Waals surface area contributed by atoms with Gasteiger partial charge in [-0.15, -0.1) is 11.3 Å². The molecule has 21 heavy (non-hydrogen) atoms. The van der Waals surface area contributed by atoms with Crippen LogP contribution in [0.15, 0.2) is 29.6 Å². The summed E-state index contributed by atoms with van der Waals surface area (Å²) in [6.45, 7) is 4.18. The molecule has 0 bridgehead atoms. The first-order valence-electron chi connectivity index (χ1n) is 6.78. The number of aryl methyl sites for hydroxylation is 1. The molecule has 2 aromatic rings. The van der Waals surface area contributed by atoms with Gasteiger partial charge >= 0.3 is 6.03 Å². The highest BCUT2D eigenvalue weighted by atomic mass is 32.1. The predicted molar refractivity (Wildman–Crippen MR) is 84.7 cm³/mol. The van der Waals surface area contributed by atoms with Gasteiger partial charge < -0.3 is 15.7 Å². The van der Waals surface area contributed by atoms with Gasteiger partial charge in [0.1, 0.15) is 0 Å². The average molecular weight is 305 g/mol. The monoisotopic (exact) mass is 305 g/mol. The highest BCUT2D eigenvalue weighted by Gasteiger charge is 2.05. The van der Waals surface area contributed by atoms with E-state index in [1.807, 2.05) is 18.4 Å². The molecule has 0 saturated heterocycles. The topological polar surface area (TPSA) is 74.2 Å². The lowest BCUT2D eigenvalue weighted by molar-refractivity contribution is 0.199. The van der Waals surface area contributed by atoms with Crippen LogP contribution >= 0.6 is 11.3 Å². The van der Waals surface area contributed by atoms with Crippen molar-refractivity contribution in [2.45, 2.75) is 26.4 Å². The highest BCUT2D eigenvalue weighted by Crippen LogP contribution is 2.16. The van der Waals surface area contributed by atoms with Crippen molar-refractivity contribution < 1.29 is 9.90 Å². The van der Waals surface area contributed by atoms with Crippen LogP contribution in [0.4, 0.5) is 10.5 Å². The quantitative estimate of drug-likeness (QED) is 0.795. The molecular formula is C15H19N3O2S. The van der Waals surface area contributed by atoms with Crippen molar-refractivity contribution >= 4 is 23.1 Å². The number of urea groups is 1. The van der Waals surface area contributed by atoms with Gasteiger partial charge in [-0.25, -0.2) is 9.78 Å². The molecule has 6 heteroatoms. The second kappa shape index (κ2) is 7.19. The Balaban J connectivity index is 1.80. The minimum Gasteiger partial charge on any atom is -0.389 e. The number of benzene rings is 1. The van der Waals surface area contributed by atoms with Crippen LogP contribution in [0.2, 0.25) is 0 Å². The van der Waals surface area contributed by atoms with Crippen molar-refractivity contribution in [2.24, 2.45) is 0 Å². The Bertz CT molecular complexity index is 610. The summed E-state index contributed by atoms with van der Waals surface area (Å²) in [4.78, 5) is 16.1. The molecule has 0 saturated carbocycles. The summed E-state index contributed by atoms with van der Waals surface area (Å²) in [6.07, 6.45) is 0.161. The van der Waals surface area contributed by atoms with E-state index < -0.39 is 6.10 Å². The summed E-state index contributed by atoms with van der Waals surface area (Å²) >= 11 is 1.61. The van der Waals surface area contributed by atoms with Crippen molar-refractivity contribution in [3.05, 3.63) is 45.9 Å². The van der Waals surface area contributed by atoms with Crippen LogP contribution in [-0.2, 0) is 6.42 Å². The standard InChI is InChI=1S/C15H19N3O2S/c1-10(19)12-4-3-5-13(8-12)18-15(20)16-7-6-14-9-21-11(2)17-14/h3-5,8-10,19H,6-7H2,1-2H3,(H2,16,18,20). The molecule has 3 N–H and O–H groups in total. The largest absolute Gasteiger partial charge is 0.389 e. The lowest BCUT2D eigenvalue weighted by Gasteiger charge is -2.10.